The summed E-state index contributed by atoms with van der Waals surface area (Å²) in [4.78, 5) is 164. The Morgan fingerprint density at radius 2 is 1.03 bits per heavy atom. The van der Waals surface area contributed by atoms with Crippen molar-refractivity contribution in [3.05, 3.63) is 36.4 Å². The van der Waals surface area contributed by atoms with E-state index in [1.807, 2.05) is 6.92 Å². The zero-order valence-corrected chi connectivity index (χ0v) is 44.5. The van der Waals surface area contributed by atoms with E-state index in [1.54, 1.807) is 34.6 Å². The van der Waals surface area contributed by atoms with Gasteiger partial charge in [0.05, 0.1) is 18.7 Å². The number of imidazole rings is 2. The second-order valence-electron chi connectivity index (χ2n) is 20.4. The molecular formula is C50H77N13O14. The number of carbonyl (C=O) groups is 11. The lowest BCUT2D eigenvalue weighted by Crippen LogP contribution is -2.60. The first-order valence-corrected chi connectivity index (χ1v) is 26.3. The van der Waals surface area contributed by atoms with Crippen molar-refractivity contribution < 1.29 is 68.1 Å². The molecule has 0 saturated carbocycles. The van der Waals surface area contributed by atoms with Gasteiger partial charge in [-0.2, -0.15) is 0 Å². The molecule has 0 aliphatic carbocycles. The van der Waals surface area contributed by atoms with Gasteiger partial charge in [-0.15, -0.1) is 0 Å². The van der Waals surface area contributed by atoms with E-state index < -0.39 is 151 Å². The molecule has 27 nitrogen and oxygen atoms in total. The van der Waals surface area contributed by atoms with Gasteiger partial charge in [0, 0.05) is 62.6 Å². The molecule has 11 atom stereocenters. The van der Waals surface area contributed by atoms with Gasteiger partial charge < -0.3 is 72.7 Å². The highest BCUT2D eigenvalue weighted by Gasteiger charge is 2.43. The van der Waals surface area contributed by atoms with Crippen LogP contribution in [0.5, 0.6) is 0 Å². The SMILES string of the molecule is CC[C@H](C)[C@H](N)C(=O)N[C@@H](Cc1cnc[nH]1)C(=O)N[C@@H](CCC(=O)O)C(=O)N1CCC[C@H]1C(=O)N[C@@H](CCC(=O)O)C(=O)N1CCC[C@H]1C(=O)N[C@@H](Cc1cnc[nH]1)C(=O)N[C@H](C(=O)N[C@@H](CC(C)C)C(=O)O)[C@@H](C)CC. The van der Waals surface area contributed by atoms with Crippen molar-refractivity contribution in [3.63, 3.8) is 0 Å². The number of hydrogen-bond acceptors (Lipinski definition) is 14. The number of hydrogen-bond donors (Lipinski definition) is 12. The summed E-state index contributed by atoms with van der Waals surface area (Å²) < 4.78 is 0. The van der Waals surface area contributed by atoms with Crippen molar-refractivity contribution >= 4 is 65.2 Å². The number of amides is 8. The third-order valence-corrected chi connectivity index (χ3v) is 14.1. The van der Waals surface area contributed by atoms with Crippen LogP contribution in [-0.2, 0) is 65.6 Å². The molecule has 2 fully saturated rings. The summed E-state index contributed by atoms with van der Waals surface area (Å²) in [5.74, 6) is -11.0. The van der Waals surface area contributed by atoms with Gasteiger partial charge in [0.15, 0.2) is 0 Å². The molecule has 2 aromatic rings. The number of rotatable bonds is 31. The van der Waals surface area contributed by atoms with E-state index in [0.29, 0.717) is 30.7 Å². The molecule has 77 heavy (non-hydrogen) atoms. The minimum absolute atomic E-state index is 0.00443. The first-order valence-electron chi connectivity index (χ1n) is 26.3. The highest BCUT2D eigenvalue weighted by atomic mass is 16.4. The molecule has 0 radical (unpaired) electrons. The molecule has 426 valence electrons. The number of aromatic amines is 2. The molecule has 27 heteroatoms. The number of nitrogens with one attached hydrogen (secondary N) is 8. The summed E-state index contributed by atoms with van der Waals surface area (Å²) in [6, 6.07) is -11.6. The molecule has 2 aliphatic rings. The second-order valence-corrected chi connectivity index (χ2v) is 20.4. The summed E-state index contributed by atoms with van der Waals surface area (Å²) >= 11 is 0. The first-order chi connectivity index (χ1) is 36.4. The molecule has 0 aromatic carbocycles. The molecular weight excluding hydrogens is 1010 g/mol. The maximum atomic E-state index is 14.5. The van der Waals surface area contributed by atoms with Crippen molar-refractivity contribution in [1.82, 2.24) is 61.6 Å². The summed E-state index contributed by atoms with van der Waals surface area (Å²) in [7, 11) is 0. The number of aromatic nitrogens is 4. The Morgan fingerprint density at radius 1 is 0.597 bits per heavy atom. The fourth-order valence-electron chi connectivity index (χ4n) is 9.21. The highest BCUT2D eigenvalue weighted by Crippen LogP contribution is 2.24. The monoisotopic (exact) mass is 1080 g/mol. The van der Waals surface area contributed by atoms with Crippen molar-refractivity contribution in [2.45, 2.75) is 179 Å². The fourth-order valence-corrected chi connectivity index (χ4v) is 9.21. The molecule has 2 saturated heterocycles. The average Bonchev–Trinajstić information content (AvgIpc) is 4.25. The van der Waals surface area contributed by atoms with E-state index in [0.717, 1.165) is 4.90 Å². The van der Waals surface area contributed by atoms with Crippen LogP contribution in [0.1, 0.15) is 124 Å². The summed E-state index contributed by atoms with van der Waals surface area (Å²) in [6.45, 7) is 10.7. The van der Waals surface area contributed by atoms with Crippen LogP contribution in [0.15, 0.2) is 25.0 Å². The first kappa shape index (κ1) is 62.1. The van der Waals surface area contributed by atoms with Gasteiger partial charge in [0.2, 0.25) is 47.3 Å². The van der Waals surface area contributed by atoms with Crippen LogP contribution < -0.4 is 37.6 Å². The van der Waals surface area contributed by atoms with Crippen molar-refractivity contribution in [2.75, 3.05) is 13.1 Å². The van der Waals surface area contributed by atoms with Gasteiger partial charge >= 0.3 is 17.9 Å². The number of nitrogens with two attached hydrogens (primary N) is 1. The Labute approximate surface area is 446 Å². The number of carbonyl (C=O) groups excluding carboxylic acids is 8. The third-order valence-electron chi connectivity index (χ3n) is 14.1. The lowest BCUT2D eigenvalue weighted by Gasteiger charge is -2.32. The lowest BCUT2D eigenvalue weighted by molar-refractivity contribution is -0.145. The number of aliphatic carboxylic acids is 3. The van der Waals surface area contributed by atoms with Crippen LogP contribution in [0.2, 0.25) is 0 Å². The van der Waals surface area contributed by atoms with E-state index in [4.69, 9.17) is 5.73 Å². The maximum Gasteiger partial charge on any atom is 0.326 e. The van der Waals surface area contributed by atoms with Gasteiger partial charge in [-0.1, -0.05) is 54.4 Å². The quantitative estimate of drug-likeness (QED) is 0.0435. The van der Waals surface area contributed by atoms with Gasteiger partial charge in [-0.25, -0.2) is 14.8 Å². The minimum atomic E-state index is -1.54. The normalized spacial score (nSPS) is 18.8. The predicted molar refractivity (Wildman–Crippen MR) is 273 cm³/mol. The zero-order chi connectivity index (χ0) is 57.1. The van der Waals surface area contributed by atoms with Crippen molar-refractivity contribution in [2.24, 2.45) is 23.5 Å². The van der Waals surface area contributed by atoms with Crippen LogP contribution in [-0.4, -0.2) is 178 Å². The Bertz CT molecular complexity index is 2370. The maximum absolute atomic E-state index is 14.5. The Hall–Kier alpha value is -7.45. The zero-order valence-electron chi connectivity index (χ0n) is 44.5. The number of likely N-dealkylation sites (tertiary alicyclic amines) is 2. The van der Waals surface area contributed by atoms with Crippen LogP contribution >= 0.6 is 0 Å². The van der Waals surface area contributed by atoms with E-state index in [9.17, 15) is 68.1 Å². The lowest BCUT2D eigenvalue weighted by atomic mass is 9.96. The van der Waals surface area contributed by atoms with Crippen LogP contribution in [0.4, 0.5) is 0 Å². The summed E-state index contributed by atoms with van der Waals surface area (Å²) in [5, 5.41) is 44.9. The average molecular weight is 1080 g/mol. The number of nitrogens with zero attached hydrogens (tertiary/aromatic N) is 4. The molecule has 8 amide bonds. The molecule has 4 heterocycles. The van der Waals surface area contributed by atoms with Crippen LogP contribution in [0.25, 0.3) is 0 Å². The Morgan fingerprint density at radius 3 is 1.45 bits per heavy atom. The molecule has 0 unspecified atom stereocenters. The third kappa shape index (κ3) is 18.4. The molecule has 2 aromatic heterocycles. The summed E-state index contributed by atoms with van der Waals surface area (Å²) in [5.41, 5.74) is 7.03. The fraction of sp³-hybridized carbons (Fsp3) is 0.660. The van der Waals surface area contributed by atoms with Crippen molar-refractivity contribution in [3.8, 4) is 0 Å². The number of H-pyrrole nitrogens is 2. The molecule has 0 bridgehead atoms. The van der Waals surface area contributed by atoms with Gasteiger partial charge in [0.25, 0.3) is 0 Å². The van der Waals surface area contributed by atoms with Crippen LogP contribution in [0, 0.1) is 17.8 Å². The van der Waals surface area contributed by atoms with Crippen molar-refractivity contribution in [1.29, 1.82) is 0 Å². The standard InChI is InChI=1S/C50H77N13O14/c1-7-27(5)40(51)46(72)59-33(20-29-22-52-24-54-29)42(68)56-31(13-15-38(64)65)48(74)62-17-9-11-36(62)44(70)57-32(14-16-39(66)67)49(75)63-18-10-12-37(63)45(71)58-34(21-30-23-53-25-55-30)43(69)61-41(28(6)8-2)47(73)60-35(50(76)77)19-26(3)4/h22-28,31-37,40-41H,7-21,51H2,1-6H3,(H,52,54)(H,53,55)(H,56,68)(H,57,70)(H,58,71)(H,59,72)(H,60,73)(H,61,69)(H,64,65)(H,66,67)(H,76,77)/t27-,28-,31-,32-,33-,34-,35-,36-,37-,40-,41-/m0/s1. The Kier molecular flexibility index (Phi) is 24.0. The van der Waals surface area contributed by atoms with E-state index in [-0.39, 0.29) is 63.5 Å². The van der Waals surface area contributed by atoms with Gasteiger partial charge in [-0.3, -0.25) is 47.9 Å². The number of carboxylic acids is 3. The van der Waals surface area contributed by atoms with E-state index in [2.05, 4.69) is 51.8 Å². The van der Waals surface area contributed by atoms with E-state index >= 15 is 0 Å². The Balaban J connectivity index is 1.55. The smallest absolute Gasteiger partial charge is 0.326 e. The van der Waals surface area contributed by atoms with Crippen LogP contribution in [0.3, 0.4) is 0 Å². The molecule has 2 aliphatic heterocycles. The highest BCUT2D eigenvalue weighted by molar-refractivity contribution is 5.99. The van der Waals surface area contributed by atoms with E-state index in [1.165, 1.54) is 29.9 Å². The number of carboxylic acid groups (broad SMARTS) is 3. The predicted octanol–water partition coefficient (Wildman–Crippen LogP) is -0.911. The molecule has 0 spiro atoms. The topological polar surface area (TPSA) is 410 Å². The molecule has 13 N–H and O–H groups in total. The second kappa shape index (κ2) is 29.7. The largest absolute Gasteiger partial charge is 0.481 e. The minimum Gasteiger partial charge on any atom is -0.481 e. The van der Waals surface area contributed by atoms with Gasteiger partial charge in [0.1, 0.15) is 48.3 Å². The summed E-state index contributed by atoms with van der Waals surface area (Å²) in [6.07, 6.45) is 5.13. The molecule has 4 rings (SSSR count). The van der Waals surface area contributed by atoms with Gasteiger partial charge in [-0.05, 0) is 62.7 Å².